The van der Waals surface area contributed by atoms with Gasteiger partial charge in [0.1, 0.15) is 11.6 Å². The van der Waals surface area contributed by atoms with Gasteiger partial charge in [-0.1, -0.05) is 18.2 Å². The summed E-state index contributed by atoms with van der Waals surface area (Å²) < 4.78 is 5.48. The Morgan fingerprint density at radius 1 is 1.00 bits per heavy atom. The van der Waals surface area contributed by atoms with Crippen molar-refractivity contribution in [1.29, 1.82) is 0 Å². The van der Waals surface area contributed by atoms with Gasteiger partial charge in [-0.2, -0.15) is 0 Å². The third kappa shape index (κ3) is 4.26. The van der Waals surface area contributed by atoms with Gasteiger partial charge in [0.25, 0.3) is 11.6 Å². The Kier molecular flexibility index (Phi) is 5.24. The van der Waals surface area contributed by atoms with Crippen molar-refractivity contribution >= 4 is 28.3 Å². The molecule has 29 heavy (non-hydrogen) atoms. The summed E-state index contributed by atoms with van der Waals surface area (Å²) in [6.07, 6.45) is 0. The Labute approximate surface area is 167 Å². The van der Waals surface area contributed by atoms with E-state index >= 15 is 0 Å². The standard InChI is InChI=1S/C21H20N4O4/c26-21(15-29-18-8-6-17(7-9-18)25(27)28)24-13-11-23(12-14-24)20-10-5-16-3-1-2-4-19(16)22-20/h1-10H,11-15H2. The van der Waals surface area contributed by atoms with Crippen molar-refractivity contribution in [3.8, 4) is 5.75 Å². The largest absolute Gasteiger partial charge is 0.484 e. The Morgan fingerprint density at radius 3 is 2.45 bits per heavy atom. The van der Waals surface area contributed by atoms with Crippen LogP contribution in [0.25, 0.3) is 10.9 Å². The average Bonchev–Trinajstić information content (AvgIpc) is 2.77. The van der Waals surface area contributed by atoms with Crippen molar-refractivity contribution in [3.63, 3.8) is 0 Å². The van der Waals surface area contributed by atoms with E-state index in [2.05, 4.69) is 11.0 Å². The van der Waals surface area contributed by atoms with Crippen molar-refractivity contribution in [1.82, 2.24) is 9.88 Å². The number of nitrogens with zero attached hydrogens (tertiary/aromatic N) is 4. The van der Waals surface area contributed by atoms with E-state index in [9.17, 15) is 14.9 Å². The molecule has 1 aromatic heterocycles. The molecule has 1 amide bonds. The Hall–Kier alpha value is -3.68. The highest BCUT2D eigenvalue weighted by Crippen LogP contribution is 2.20. The van der Waals surface area contributed by atoms with E-state index < -0.39 is 4.92 Å². The number of carbonyl (C=O) groups is 1. The smallest absolute Gasteiger partial charge is 0.269 e. The molecule has 0 N–H and O–H groups in total. The van der Waals surface area contributed by atoms with Gasteiger partial charge < -0.3 is 14.5 Å². The zero-order valence-corrected chi connectivity index (χ0v) is 15.7. The van der Waals surface area contributed by atoms with Crippen LogP contribution in [-0.4, -0.2) is 53.5 Å². The molecule has 2 aromatic carbocycles. The molecule has 2 heterocycles. The van der Waals surface area contributed by atoms with Crippen LogP contribution < -0.4 is 9.64 Å². The fourth-order valence-corrected chi connectivity index (χ4v) is 3.32. The van der Waals surface area contributed by atoms with Crippen LogP contribution in [0.15, 0.2) is 60.7 Å². The molecule has 0 unspecified atom stereocenters. The lowest BCUT2D eigenvalue weighted by Crippen LogP contribution is -2.50. The van der Waals surface area contributed by atoms with Crippen LogP contribution >= 0.6 is 0 Å². The zero-order valence-electron chi connectivity index (χ0n) is 15.7. The molecule has 4 rings (SSSR count). The van der Waals surface area contributed by atoms with E-state index in [4.69, 9.17) is 9.72 Å². The maximum Gasteiger partial charge on any atom is 0.269 e. The van der Waals surface area contributed by atoms with Crippen molar-refractivity contribution < 1.29 is 14.5 Å². The van der Waals surface area contributed by atoms with Crippen LogP contribution in [0.3, 0.4) is 0 Å². The monoisotopic (exact) mass is 392 g/mol. The van der Waals surface area contributed by atoms with E-state index in [-0.39, 0.29) is 18.2 Å². The Balaban J connectivity index is 1.30. The first-order chi connectivity index (χ1) is 14.1. The third-order valence-corrected chi connectivity index (χ3v) is 4.95. The van der Waals surface area contributed by atoms with Crippen molar-refractivity contribution in [2.45, 2.75) is 0 Å². The first-order valence-electron chi connectivity index (χ1n) is 9.36. The molecule has 0 bridgehead atoms. The number of fused-ring (bicyclic) bond motifs is 1. The minimum absolute atomic E-state index is 0.0119. The van der Waals surface area contributed by atoms with Gasteiger partial charge in [-0.15, -0.1) is 0 Å². The molecule has 1 aliphatic rings. The lowest BCUT2D eigenvalue weighted by molar-refractivity contribution is -0.384. The maximum atomic E-state index is 12.4. The first-order valence-corrected chi connectivity index (χ1v) is 9.36. The highest BCUT2D eigenvalue weighted by Gasteiger charge is 2.22. The minimum Gasteiger partial charge on any atom is -0.484 e. The van der Waals surface area contributed by atoms with E-state index in [0.717, 1.165) is 16.7 Å². The van der Waals surface area contributed by atoms with Gasteiger partial charge in [0.05, 0.1) is 10.4 Å². The number of nitro benzene ring substituents is 1. The molecule has 148 valence electrons. The molecule has 8 heteroatoms. The number of hydrogen-bond acceptors (Lipinski definition) is 6. The van der Waals surface area contributed by atoms with Crippen LogP contribution in [0.2, 0.25) is 0 Å². The van der Waals surface area contributed by atoms with Gasteiger partial charge in [0, 0.05) is 43.7 Å². The average molecular weight is 392 g/mol. The SMILES string of the molecule is O=C(COc1ccc([N+](=O)[O-])cc1)N1CCN(c2ccc3ccccc3n2)CC1. The topological polar surface area (TPSA) is 88.8 Å². The molecule has 1 aliphatic heterocycles. The van der Waals surface area contributed by atoms with Crippen LogP contribution in [0, 0.1) is 10.1 Å². The number of nitro groups is 1. The minimum atomic E-state index is -0.473. The number of amides is 1. The number of aromatic nitrogens is 1. The predicted molar refractivity (Wildman–Crippen MR) is 109 cm³/mol. The lowest BCUT2D eigenvalue weighted by atomic mass is 10.2. The Morgan fingerprint density at radius 2 is 1.72 bits per heavy atom. The summed E-state index contributed by atoms with van der Waals surface area (Å²) in [6.45, 7) is 2.50. The number of non-ortho nitro benzene ring substituents is 1. The van der Waals surface area contributed by atoms with Crippen molar-refractivity contribution in [3.05, 3.63) is 70.8 Å². The number of hydrogen-bond donors (Lipinski definition) is 0. The van der Waals surface area contributed by atoms with Gasteiger partial charge >= 0.3 is 0 Å². The molecule has 8 nitrogen and oxygen atoms in total. The fourth-order valence-electron chi connectivity index (χ4n) is 3.32. The van der Waals surface area contributed by atoms with Gasteiger partial charge in [-0.25, -0.2) is 4.98 Å². The normalized spacial score (nSPS) is 14.1. The number of ether oxygens (including phenoxy) is 1. The molecule has 1 saturated heterocycles. The molecule has 0 radical (unpaired) electrons. The molecular weight excluding hydrogens is 372 g/mol. The lowest BCUT2D eigenvalue weighted by Gasteiger charge is -2.35. The van der Waals surface area contributed by atoms with Crippen molar-refractivity contribution in [2.75, 3.05) is 37.7 Å². The van der Waals surface area contributed by atoms with Gasteiger partial charge in [0.2, 0.25) is 0 Å². The highest BCUT2D eigenvalue weighted by atomic mass is 16.6. The van der Waals surface area contributed by atoms with Crippen LogP contribution in [-0.2, 0) is 4.79 Å². The number of benzene rings is 2. The second-order valence-electron chi connectivity index (χ2n) is 6.77. The molecule has 0 saturated carbocycles. The summed E-state index contributed by atoms with van der Waals surface area (Å²) in [5, 5.41) is 11.8. The van der Waals surface area contributed by atoms with Gasteiger partial charge in [0.15, 0.2) is 6.61 Å². The molecule has 1 fully saturated rings. The molecule has 0 spiro atoms. The molecule has 3 aromatic rings. The van der Waals surface area contributed by atoms with Gasteiger partial charge in [-0.3, -0.25) is 14.9 Å². The van der Waals surface area contributed by atoms with Crippen LogP contribution in [0.4, 0.5) is 11.5 Å². The summed E-state index contributed by atoms with van der Waals surface area (Å²) >= 11 is 0. The molecule has 0 aliphatic carbocycles. The molecular formula is C21H20N4O4. The predicted octanol–water partition coefficient (Wildman–Crippen LogP) is 2.87. The Bertz CT molecular complexity index is 1030. The molecule has 0 atom stereocenters. The maximum absolute atomic E-state index is 12.4. The highest BCUT2D eigenvalue weighted by molar-refractivity contribution is 5.80. The van der Waals surface area contributed by atoms with E-state index in [0.29, 0.717) is 31.9 Å². The first kappa shape index (κ1) is 18.7. The zero-order chi connectivity index (χ0) is 20.2. The van der Waals surface area contributed by atoms with E-state index in [1.165, 1.54) is 24.3 Å². The number of para-hydroxylation sites is 1. The summed E-state index contributed by atoms with van der Waals surface area (Å²) in [6, 6.07) is 17.8. The van der Waals surface area contributed by atoms with E-state index in [1.807, 2.05) is 30.3 Å². The second-order valence-corrected chi connectivity index (χ2v) is 6.77. The second kappa shape index (κ2) is 8.14. The van der Waals surface area contributed by atoms with Crippen LogP contribution in [0.5, 0.6) is 5.75 Å². The summed E-state index contributed by atoms with van der Waals surface area (Å²) in [5.41, 5.74) is 0.946. The fraction of sp³-hybridized carbons (Fsp3) is 0.238. The number of rotatable bonds is 5. The van der Waals surface area contributed by atoms with Gasteiger partial charge in [-0.05, 0) is 30.3 Å². The summed E-state index contributed by atoms with van der Waals surface area (Å²) in [4.78, 5) is 31.3. The van der Waals surface area contributed by atoms with Crippen LogP contribution in [0.1, 0.15) is 0 Å². The third-order valence-electron chi connectivity index (χ3n) is 4.95. The summed E-state index contributed by atoms with van der Waals surface area (Å²) in [5.74, 6) is 1.25. The summed E-state index contributed by atoms with van der Waals surface area (Å²) in [7, 11) is 0. The number of anilines is 1. The van der Waals surface area contributed by atoms with Crippen molar-refractivity contribution in [2.24, 2.45) is 0 Å². The quantitative estimate of drug-likeness (QED) is 0.490. The number of piperazine rings is 1. The van der Waals surface area contributed by atoms with E-state index in [1.54, 1.807) is 4.90 Å². The number of pyridine rings is 1. The number of carbonyl (C=O) groups excluding carboxylic acids is 1.